The summed E-state index contributed by atoms with van der Waals surface area (Å²) in [5.74, 6) is 0.498. The lowest BCUT2D eigenvalue weighted by molar-refractivity contribution is -0.386. The molecule has 3 aromatic carbocycles. The van der Waals surface area contributed by atoms with Crippen LogP contribution in [0.15, 0.2) is 77.9 Å². The predicted octanol–water partition coefficient (Wildman–Crippen LogP) is 7.57. The van der Waals surface area contributed by atoms with Gasteiger partial charge in [0.2, 0.25) is 5.75 Å². The third kappa shape index (κ3) is 6.16. The van der Waals surface area contributed by atoms with Gasteiger partial charge in [0, 0.05) is 31.0 Å². The quantitative estimate of drug-likeness (QED) is 0.108. The highest BCUT2D eigenvalue weighted by Crippen LogP contribution is 2.34. The second-order valence-corrected chi connectivity index (χ2v) is 11.1. The van der Waals surface area contributed by atoms with Crippen molar-refractivity contribution in [1.29, 1.82) is 0 Å². The van der Waals surface area contributed by atoms with Crippen LogP contribution in [-0.4, -0.2) is 20.8 Å². The van der Waals surface area contributed by atoms with E-state index in [9.17, 15) is 14.9 Å². The second kappa shape index (κ2) is 11.7. The summed E-state index contributed by atoms with van der Waals surface area (Å²) < 4.78 is 9.33. The highest BCUT2D eigenvalue weighted by molar-refractivity contribution is 9.11. The van der Waals surface area contributed by atoms with Gasteiger partial charge in [-0.05, 0) is 48.4 Å². The van der Waals surface area contributed by atoms with Gasteiger partial charge in [0.25, 0.3) is 5.56 Å². The van der Waals surface area contributed by atoms with E-state index in [1.54, 1.807) is 18.2 Å². The fraction of sp³-hybridized carbons (Fsp3) is 0.192. The first-order valence-electron chi connectivity index (χ1n) is 11.3. The van der Waals surface area contributed by atoms with Crippen molar-refractivity contribution in [3.05, 3.63) is 105 Å². The summed E-state index contributed by atoms with van der Waals surface area (Å²) in [6.07, 6.45) is 2.14. The molecule has 0 aliphatic carbocycles. The molecule has 0 aliphatic heterocycles. The largest absolute Gasteiger partial charge is 0.481 e. The molecular formula is C26H21Br3N4O4. The van der Waals surface area contributed by atoms with E-state index in [0.29, 0.717) is 26.8 Å². The average Bonchev–Trinajstić information content (AvgIpc) is 2.87. The minimum absolute atomic E-state index is 0.0505. The van der Waals surface area contributed by atoms with E-state index < -0.39 is 4.92 Å². The normalized spacial score (nSPS) is 12.2. The molecule has 0 unspecified atom stereocenters. The van der Waals surface area contributed by atoms with E-state index in [1.165, 1.54) is 17.0 Å². The summed E-state index contributed by atoms with van der Waals surface area (Å²) in [5.41, 5.74) is 1.20. The third-order valence-electron chi connectivity index (χ3n) is 5.75. The maximum absolute atomic E-state index is 13.4. The Balaban J connectivity index is 1.83. The monoisotopic (exact) mass is 690 g/mol. The van der Waals surface area contributed by atoms with Crippen molar-refractivity contribution in [1.82, 2.24) is 9.66 Å². The van der Waals surface area contributed by atoms with Crippen LogP contribution >= 0.6 is 47.8 Å². The van der Waals surface area contributed by atoms with Crippen molar-refractivity contribution in [3.8, 4) is 5.75 Å². The number of benzene rings is 3. The average molecular weight is 693 g/mol. The van der Waals surface area contributed by atoms with Crippen molar-refractivity contribution in [3.63, 3.8) is 0 Å². The Morgan fingerprint density at radius 2 is 1.78 bits per heavy atom. The van der Waals surface area contributed by atoms with Crippen molar-refractivity contribution in [2.75, 3.05) is 0 Å². The summed E-state index contributed by atoms with van der Waals surface area (Å²) in [4.78, 5) is 29.5. The lowest BCUT2D eigenvalue weighted by Gasteiger charge is -2.14. The van der Waals surface area contributed by atoms with Gasteiger partial charge in [-0.2, -0.15) is 9.78 Å². The first kappa shape index (κ1) is 27.2. The number of nitro benzene ring substituents is 1. The van der Waals surface area contributed by atoms with Gasteiger partial charge in [-0.1, -0.05) is 73.8 Å². The Hall–Kier alpha value is -2.89. The Labute approximate surface area is 237 Å². The predicted molar refractivity (Wildman–Crippen MR) is 155 cm³/mol. The van der Waals surface area contributed by atoms with E-state index >= 15 is 0 Å². The Bertz CT molecular complexity index is 1570. The van der Waals surface area contributed by atoms with Gasteiger partial charge in [0.15, 0.2) is 0 Å². The highest BCUT2D eigenvalue weighted by atomic mass is 79.9. The van der Waals surface area contributed by atoms with Crippen LogP contribution in [0.1, 0.15) is 43.1 Å². The fourth-order valence-electron chi connectivity index (χ4n) is 3.62. The zero-order valence-electron chi connectivity index (χ0n) is 19.8. The molecule has 0 fully saturated rings. The van der Waals surface area contributed by atoms with Gasteiger partial charge in [0.1, 0.15) is 12.4 Å². The van der Waals surface area contributed by atoms with E-state index in [-0.39, 0.29) is 29.5 Å². The number of nitrogens with zero attached hydrogens (tertiary/aromatic N) is 4. The van der Waals surface area contributed by atoms with E-state index in [0.717, 1.165) is 20.9 Å². The van der Waals surface area contributed by atoms with Crippen LogP contribution in [0, 0.1) is 10.1 Å². The molecule has 37 heavy (non-hydrogen) atoms. The van der Waals surface area contributed by atoms with Crippen LogP contribution in [0.5, 0.6) is 5.75 Å². The number of halogens is 3. The molecule has 8 nitrogen and oxygen atoms in total. The maximum atomic E-state index is 13.4. The number of rotatable bonds is 8. The molecular weight excluding hydrogens is 672 g/mol. The molecule has 1 aromatic heterocycles. The SMILES string of the molecule is CC[C@@H](C)c1nc2ccc(Br)cc2c(=O)n1N=Cc1cc(Br)cc([N+](=O)[O-])c1OCc1ccc(Br)cc1. The molecule has 190 valence electrons. The van der Waals surface area contributed by atoms with Gasteiger partial charge in [0.05, 0.1) is 22.0 Å². The molecule has 0 saturated heterocycles. The fourth-order valence-corrected chi connectivity index (χ4v) is 4.71. The Kier molecular flexibility index (Phi) is 8.56. The summed E-state index contributed by atoms with van der Waals surface area (Å²) in [6, 6.07) is 15.8. The third-order valence-corrected chi connectivity index (χ3v) is 7.23. The van der Waals surface area contributed by atoms with Gasteiger partial charge in [-0.25, -0.2) is 4.98 Å². The van der Waals surface area contributed by atoms with Gasteiger partial charge in [-0.3, -0.25) is 14.9 Å². The Morgan fingerprint density at radius 3 is 2.46 bits per heavy atom. The van der Waals surface area contributed by atoms with Crippen LogP contribution in [0.3, 0.4) is 0 Å². The topological polar surface area (TPSA) is 99.6 Å². The minimum atomic E-state index is -0.509. The van der Waals surface area contributed by atoms with Crippen LogP contribution in [0.25, 0.3) is 10.9 Å². The minimum Gasteiger partial charge on any atom is -0.481 e. The van der Waals surface area contributed by atoms with Crippen molar-refractivity contribution in [2.45, 2.75) is 32.8 Å². The van der Waals surface area contributed by atoms with Crippen molar-refractivity contribution in [2.24, 2.45) is 5.10 Å². The number of ether oxygens (including phenoxy) is 1. The number of nitro groups is 1. The smallest absolute Gasteiger partial charge is 0.312 e. The van der Waals surface area contributed by atoms with E-state index in [4.69, 9.17) is 9.72 Å². The van der Waals surface area contributed by atoms with Gasteiger partial charge in [-0.15, -0.1) is 0 Å². The zero-order chi connectivity index (χ0) is 26.7. The maximum Gasteiger partial charge on any atom is 0.312 e. The molecule has 4 rings (SSSR count). The van der Waals surface area contributed by atoms with E-state index in [1.807, 2.05) is 44.2 Å². The molecule has 11 heteroatoms. The lowest BCUT2D eigenvalue weighted by Crippen LogP contribution is -2.23. The molecule has 0 amide bonds. The van der Waals surface area contributed by atoms with Crippen molar-refractivity contribution < 1.29 is 9.66 Å². The molecule has 0 N–H and O–H groups in total. The summed E-state index contributed by atoms with van der Waals surface area (Å²) >= 11 is 10.1. The molecule has 0 aliphatic rings. The summed E-state index contributed by atoms with van der Waals surface area (Å²) in [5, 5.41) is 16.7. The van der Waals surface area contributed by atoms with Crippen molar-refractivity contribution >= 4 is 70.6 Å². The zero-order valence-corrected chi connectivity index (χ0v) is 24.6. The van der Waals surface area contributed by atoms with Crippen LogP contribution in [0.4, 0.5) is 5.69 Å². The molecule has 0 spiro atoms. The first-order chi connectivity index (χ1) is 17.7. The number of hydrogen-bond acceptors (Lipinski definition) is 6. The molecule has 4 aromatic rings. The summed E-state index contributed by atoms with van der Waals surface area (Å²) in [6.45, 7) is 4.08. The highest BCUT2D eigenvalue weighted by Gasteiger charge is 2.21. The molecule has 0 bridgehead atoms. The Morgan fingerprint density at radius 1 is 1.08 bits per heavy atom. The number of fused-ring (bicyclic) bond motifs is 1. The van der Waals surface area contributed by atoms with Gasteiger partial charge < -0.3 is 4.74 Å². The number of hydrogen-bond donors (Lipinski definition) is 0. The second-order valence-electron chi connectivity index (χ2n) is 8.32. The lowest BCUT2D eigenvalue weighted by atomic mass is 10.1. The number of aromatic nitrogens is 2. The van der Waals surface area contributed by atoms with E-state index in [2.05, 4.69) is 52.9 Å². The first-order valence-corrected chi connectivity index (χ1v) is 13.7. The molecule has 0 saturated carbocycles. The molecule has 1 heterocycles. The summed E-state index contributed by atoms with van der Waals surface area (Å²) in [7, 11) is 0. The van der Waals surface area contributed by atoms with Crippen LogP contribution < -0.4 is 10.3 Å². The standard InChI is InChI=1S/C26H21Br3N4O4/c1-3-15(2)25-31-22-9-8-19(28)11-21(22)26(34)32(25)30-13-17-10-20(29)12-23(33(35)36)24(17)37-14-16-4-6-18(27)7-5-16/h4-13,15H,3,14H2,1-2H3/t15-/m1/s1. The molecule has 1 atom stereocenters. The molecule has 0 radical (unpaired) electrons. The van der Waals surface area contributed by atoms with Crippen LogP contribution in [0.2, 0.25) is 0 Å². The van der Waals surface area contributed by atoms with Crippen LogP contribution in [-0.2, 0) is 6.61 Å². The van der Waals surface area contributed by atoms with Gasteiger partial charge >= 0.3 is 5.69 Å².